The maximum atomic E-state index is 14.9. The Morgan fingerprint density at radius 2 is 1.37 bits per heavy atom. The van der Waals surface area contributed by atoms with Gasteiger partial charge in [0.1, 0.15) is 18.2 Å². The molecule has 2 nitrogen and oxygen atoms in total. The smallest absolute Gasteiger partial charge is 0.201 e. The number of benzene rings is 3. The third-order valence-corrected chi connectivity index (χ3v) is 6.71. The molecule has 0 saturated heterocycles. The Kier molecular flexibility index (Phi) is 7.63. The fourth-order valence-corrected chi connectivity index (χ4v) is 4.73. The van der Waals surface area contributed by atoms with Gasteiger partial charge in [0.25, 0.3) is 0 Å². The average molecular weight is 491 g/mol. The van der Waals surface area contributed by atoms with Gasteiger partial charge in [-0.2, -0.15) is 4.39 Å². The summed E-state index contributed by atoms with van der Waals surface area (Å²) in [5.74, 6) is -4.30. The van der Waals surface area contributed by atoms with Gasteiger partial charge in [0.05, 0.1) is 6.61 Å². The third-order valence-electron chi connectivity index (χ3n) is 6.71. The van der Waals surface area contributed by atoms with Crippen molar-refractivity contribution in [3.05, 3.63) is 93.8 Å². The van der Waals surface area contributed by atoms with Gasteiger partial charge >= 0.3 is 0 Å². The quantitative estimate of drug-likeness (QED) is 0.312. The largest absolute Gasteiger partial charge is 0.491 e. The second-order valence-electron chi connectivity index (χ2n) is 8.90. The molecule has 4 rings (SSSR count). The molecule has 3 aromatic carbocycles. The maximum absolute atomic E-state index is 14.9. The minimum Gasteiger partial charge on any atom is -0.491 e. The Balaban J connectivity index is 1.39. The van der Waals surface area contributed by atoms with E-state index in [0.29, 0.717) is 36.8 Å². The average Bonchev–Trinajstić information content (AvgIpc) is 2.85. The predicted molar refractivity (Wildman–Crippen MR) is 123 cm³/mol. The Morgan fingerprint density at radius 1 is 0.714 bits per heavy atom. The van der Waals surface area contributed by atoms with Gasteiger partial charge in [-0.3, -0.25) is 0 Å². The van der Waals surface area contributed by atoms with E-state index < -0.39 is 29.1 Å². The minimum atomic E-state index is -1.08. The summed E-state index contributed by atoms with van der Waals surface area (Å²) in [6, 6.07) is 10.4. The first-order chi connectivity index (χ1) is 16.8. The number of aryl methyl sites for hydroxylation is 1. The van der Waals surface area contributed by atoms with E-state index in [4.69, 9.17) is 9.47 Å². The normalized spacial score (nSPS) is 17.9. The van der Waals surface area contributed by atoms with Crippen molar-refractivity contribution in [1.82, 2.24) is 0 Å². The molecule has 1 saturated carbocycles. The molecule has 7 heteroatoms. The highest BCUT2D eigenvalue weighted by molar-refractivity contribution is 5.34. The van der Waals surface area contributed by atoms with Crippen molar-refractivity contribution in [3.8, 4) is 11.5 Å². The van der Waals surface area contributed by atoms with E-state index in [1.54, 1.807) is 31.2 Å². The van der Waals surface area contributed by atoms with Crippen LogP contribution in [0.15, 0.2) is 42.5 Å². The first-order valence-electron chi connectivity index (χ1n) is 11.8. The summed E-state index contributed by atoms with van der Waals surface area (Å²) in [7, 11) is 0. The van der Waals surface area contributed by atoms with E-state index in [2.05, 4.69) is 0 Å². The van der Waals surface area contributed by atoms with E-state index in [1.807, 2.05) is 0 Å². The summed E-state index contributed by atoms with van der Waals surface area (Å²) >= 11 is 0. The Bertz CT molecular complexity index is 1200. The molecule has 0 heterocycles. The van der Waals surface area contributed by atoms with E-state index in [9.17, 15) is 22.0 Å². The highest BCUT2D eigenvalue weighted by Gasteiger charge is 2.28. The molecular formula is C28H27F5O2. The zero-order valence-corrected chi connectivity index (χ0v) is 19.6. The van der Waals surface area contributed by atoms with Crippen molar-refractivity contribution >= 4 is 0 Å². The zero-order chi connectivity index (χ0) is 25.1. The second-order valence-corrected chi connectivity index (χ2v) is 8.90. The summed E-state index contributed by atoms with van der Waals surface area (Å²) in [5, 5.41) is 0. The Hall–Kier alpha value is -3.09. The lowest BCUT2D eigenvalue weighted by Gasteiger charge is -2.29. The van der Waals surface area contributed by atoms with Crippen molar-refractivity contribution < 1.29 is 31.4 Å². The Morgan fingerprint density at radius 3 is 2.03 bits per heavy atom. The standard InChI is InChI=1S/C28H27F5O2/c1-3-34-24-13-9-19(26(31)28(24)33)15-35-20-10-12-21(23(29)14-20)17-5-7-18(8-6-17)22-11-4-16(2)25(30)27(22)32/h4,9-14,17-18H,3,5-8,15H2,1-2H3. The number of halogens is 5. The lowest BCUT2D eigenvalue weighted by molar-refractivity contribution is 0.287. The van der Waals surface area contributed by atoms with Crippen LogP contribution in [-0.4, -0.2) is 6.61 Å². The Labute approximate surface area is 201 Å². The number of rotatable bonds is 7. The highest BCUT2D eigenvalue weighted by atomic mass is 19.2. The van der Waals surface area contributed by atoms with Crippen LogP contribution in [0.1, 0.15) is 66.7 Å². The van der Waals surface area contributed by atoms with Crippen LogP contribution in [0.4, 0.5) is 22.0 Å². The molecule has 0 unspecified atom stereocenters. The molecule has 0 spiro atoms. The van der Waals surface area contributed by atoms with Crippen LogP contribution >= 0.6 is 0 Å². The topological polar surface area (TPSA) is 18.5 Å². The van der Waals surface area contributed by atoms with Crippen molar-refractivity contribution in [2.24, 2.45) is 0 Å². The highest BCUT2D eigenvalue weighted by Crippen LogP contribution is 2.42. The molecule has 1 fully saturated rings. The molecule has 0 bridgehead atoms. The van der Waals surface area contributed by atoms with Crippen LogP contribution in [0.5, 0.6) is 11.5 Å². The zero-order valence-electron chi connectivity index (χ0n) is 19.6. The molecule has 186 valence electrons. The van der Waals surface area contributed by atoms with Crippen LogP contribution in [0.25, 0.3) is 0 Å². The molecule has 1 aliphatic rings. The van der Waals surface area contributed by atoms with Crippen LogP contribution in [0, 0.1) is 36.0 Å². The molecule has 0 N–H and O–H groups in total. The summed E-state index contributed by atoms with van der Waals surface area (Å²) in [4.78, 5) is 0. The molecule has 0 atom stereocenters. The van der Waals surface area contributed by atoms with Crippen molar-refractivity contribution in [2.75, 3.05) is 6.61 Å². The molecule has 0 aliphatic heterocycles. The lowest BCUT2D eigenvalue weighted by atomic mass is 9.76. The van der Waals surface area contributed by atoms with Crippen LogP contribution < -0.4 is 9.47 Å². The summed E-state index contributed by atoms with van der Waals surface area (Å²) in [6.45, 7) is 3.14. The monoisotopic (exact) mass is 490 g/mol. The van der Waals surface area contributed by atoms with E-state index in [1.165, 1.54) is 25.1 Å². The number of hydrogen-bond acceptors (Lipinski definition) is 2. The first kappa shape index (κ1) is 25.0. The molecule has 0 amide bonds. The second kappa shape index (κ2) is 10.7. The van der Waals surface area contributed by atoms with Gasteiger partial charge < -0.3 is 9.47 Å². The fourth-order valence-electron chi connectivity index (χ4n) is 4.73. The van der Waals surface area contributed by atoms with E-state index in [-0.39, 0.29) is 47.7 Å². The third kappa shape index (κ3) is 5.29. The maximum Gasteiger partial charge on any atom is 0.201 e. The van der Waals surface area contributed by atoms with E-state index in [0.717, 1.165) is 0 Å². The predicted octanol–water partition coefficient (Wildman–Crippen LogP) is 8.11. The summed E-state index contributed by atoms with van der Waals surface area (Å²) in [6.07, 6.45) is 2.55. The summed E-state index contributed by atoms with van der Waals surface area (Å²) in [5.41, 5.74) is 1.19. The summed E-state index contributed by atoms with van der Waals surface area (Å²) < 4.78 is 82.0. The van der Waals surface area contributed by atoms with E-state index >= 15 is 0 Å². The van der Waals surface area contributed by atoms with Gasteiger partial charge in [0.2, 0.25) is 5.82 Å². The number of ether oxygens (including phenoxy) is 2. The molecule has 3 aromatic rings. The molecule has 0 aromatic heterocycles. The minimum absolute atomic E-state index is 0.00599. The van der Waals surface area contributed by atoms with Crippen molar-refractivity contribution in [2.45, 2.75) is 58.0 Å². The fraction of sp³-hybridized carbons (Fsp3) is 0.357. The van der Waals surface area contributed by atoms with Gasteiger partial charge in [-0.15, -0.1) is 0 Å². The molecule has 0 radical (unpaired) electrons. The van der Waals surface area contributed by atoms with Crippen molar-refractivity contribution in [1.29, 1.82) is 0 Å². The van der Waals surface area contributed by atoms with Crippen LogP contribution in [-0.2, 0) is 6.61 Å². The van der Waals surface area contributed by atoms with Gasteiger partial charge in [-0.05, 0) is 86.3 Å². The van der Waals surface area contributed by atoms with Gasteiger partial charge in [0.15, 0.2) is 23.2 Å². The molecular weight excluding hydrogens is 463 g/mol. The van der Waals surface area contributed by atoms with Crippen LogP contribution in [0.3, 0.4) is 0 Å². The SMILES string of the molecule is CCOc1ccc(COc2ccc(C3CCC(c4ccc(C)c(F)c4F)CC3)c(F)c2)c(F)c1F. The number of hydrogen-bond donors (Lipinski definition) is 0. The van der Waals surface area contributed by atoms with Gasteiger partial charge in [-0.25, -0.2) is 17.6 Å². The van der Waals surface area contributed by atoms with Crippen LogP contribution in [0.2, 0.25) is 0 Å². The molecule has 1 aliphatic carbocycles. The first-order valence-corrected chi connectivity index (χ1v) is 11.8. The van der Waals surface area contributed by atoms with Gasteiger partial charge in [-0.1, -0.05) is 18.2 Å². The molecule has 35 heavy (non-hydrogen) atoms. The van der Waals surface area contributed by atoms with Crippen molar-refractivity contribution in [3.63, 3.8) is 0 Å². The van der Waals surface area contributed by atoms with Gasteiger partial charge in [0, 0.05) is 11.6 Å². The lowest BCUT2D eigenvalue weighted by Crippen LogP contribution is -2.15.